The molecule has 1 amide bonds. The molecule has 0 saturated heterocycles. The van der Waals surface area contributed by atoms with Crippen LogP contribution in [0.15, 0.2) is 35.3 Å². The van der Waals surface area contributed by atoms with E-state index in [4.69, 9.17) is 0 Å². The number of rotatable bonds is 7. The molecule has 24 heavy (non-hydrogen) atoms. The molecular formula is C18H31N5O. The molecule has 6 nitrogen and oxygen atoms in total. The highest BCUT2D eigenvalue weighted by atomic mass is 16.2. The monoisotopic (exact) mass is 333 g/mol. The molecule has 1 rings (SSSR count). The van der Waals surface area contributed by atoms with Crippen molar-refractivity contribution in [1.82, 2.24) is 16.0 Å². The zero-order valence-corrected chi connectivity index (χ0v) is 15.5. The molecule has 0 radical (unpaired) electrons. The average molecular weight is 333 g/mol. The summed E-state index contributed by atoms with van der Waals surface area (Å²) in [5, 5.41) is 9.31. The number of anilines is 1. The molecule has 0 aromatic heterocycles. The normalized spacial score (nSPS) is 11.8. The van der Waals surface area contributed by atoms with Gasteiger partial charge in [-0.25, -0.2) is 4.99 Å². The zero-order chi connectivity index (χ0) is 18.0. The number of hydrogen-bond donors (Lipinski definition) is 3. The van der Waals surface area contributed by atoms with Crippen LogP contribution in [0.2, 0.25) is 0 Å². The molecule has 134 valence electrons. The van der Waals surface area contributed by atoms with E-state index in [1.165, 1.54) is 5.69 Å². The van der Waals surface area contributed by atoms with Gasteiger partial charge in [0.15, 0.2) is 5.96 Å². The summed E-state index contributed by atoms with van der Waals surface area (Å²) in [6.07, 6.45) is 0. The van der Waals surface area contributed by atoms with Crippen LogP contribution >= 0.6 is 0 Å². The quantitative estimate of drug-likeness (QED) is 0.524. The Hall–Kier alpha value is -2.24. The Balaban J connectivity index is 2.45. The topological polar surface area (TPSA) is 68.8 Å². The fourth-order valence-electron chi connectivity index (χ4n) is 2.10. The molecule has 0 aliphatic rings. The van der Waals surface area contributed by atoms with E-state index in [0.29, 0.717) is 5.96 Å². The van der Waals surface area contributed by atoms with Gasteiger partial charge in [0.25, 0.3) is 0 Å². The van der Waals surface area contributed by atoms with Crippen LogP contribution in [0.1, 0.15) is 27.7 Å². The molecule has 0 bridgehead atoms. The van der Waals surface area contributed by atoms with E-state index in [2.05, 4.69) is 45.0 Å². The number of benzene rings is 1. The third-order valence-corrected chi connectivity index (χ3v) is 3.18. The van der Waals surface area contributed by atoms with Crippen molar-refractivity contribution < 1.29 is 4.79 Å². The average Bonchev–Trinajstić information content (AvgIpc) is 2.51. The van der Waals surface area contributed by atoms with Crippen LogP contribution in [0, 0.1) is 0 Å². The lowest BCUT2D eigenvalue weighted by molar-refractivity contribution is -0.121. The summed E-state index contributed by atoms with van der Waals surface area (Å²) < 4.78 is 0. The number of hydrogen-bond acceptors (Lipinski definition) is 3. The summed E-state index contributed by atoms with van der Waals surface area (Å²) in [5.41, 5.74) is 0.933. The fourth-order valence-corrected chi connectivity index (χ4v) is 2.10. The molecule has 1 aromatic rings. The number of carbonyl (C=O) groups excluding carboxylic acids is 1. The van der Waals surface area contributed by atoms with Gasteiger partial charge in [0.05, 0.1) is 0 Å². The highest BCUT2D eigenvalue weighted by molar-refractivity contribution is 5.85. The maximum absolute atomic E-state index is 11.9. The summed E-state index contributed by atoms with van der Waals surface area (Å²) in [7, 11) is 2.05. The van der Waals surface area contributed by atoms with Gasteiger partial charge < -0.3 is 20.9 Å². The Morgan fingerprint density at radius 3 is 2.42 bits per heavy atom. The van der Waals surface area contributed by atoms with Crippen LogP contribution in [0.4, 0.5) is 5.69 Å². The Morgan fingerprint density at radius 1 is 1.17 bits per heavy atom. The standard InChI is InChI=1S/C18H31N5O/c1-6-19-17(21-14-16(24)22-18(2,3)4)20-12-13-23(5)15-10-8-7-9-11-15/h7-11H,6,12-14H2,1-5H3,(H,22,24)(H2,19,20,21). The Bertz CT molecular complexity index is 522. The molecule has 0 saturated carbocycles. The van der Waals surface area contributed by atoms with E-state index in [-0.39, 0.29) is 18.0 Å². The summed E-state index contributed by atoms with van der Waals surface area (Å²) in [6.45, 7) is 10.3. The number of amides is 1. The first kappa shape index (κ1) is 19.8. The maximum Gasteiger partial charge on any atom is 0.242 e. The van der Waals surface area contributed by atoms with E-state index in [9.17, 15) is 4.79 Å². The predicted molar refractivity (Wildman–Crippen MR) is 102 cm³/mol. The number of guanidine groups is 1. The van der Waals surface area contributed by atoms with Crippen LogP contribution < -0.4 is 20.9 Å². The van der Waals surface area contributed by atoms with Gasteiger partial charge in [0, 0.05) is 37.9 Å². The van der Waals surface area contributed by atoms with Crippen LogP contribution in [0.3, 0.4) is 0 Å². The van der Waals surface area contributed by atoms with Crippen molar-refractivity contribution in [2.45, 2.75) is 33.2 Å². The van der Waals surface area contributed by atoms with E-state index in [1.807, 2.05) is 45.9 Å². The van der Waals surface area contributed by atoms with E-state index in [0.717, 1.165) is 19.6 Å². The van der Waals surface area contributed by atoms with E-state index < -0.39 is 0 Å². The number of carbonyl (C=O) groups is 1. The second-order valence-corrected chi connectivity index (χ2v) is 6.68. The highest BCUT2D eigenvalue weighted by Gasteiger charge is 2.13. The van der Waals surface area contributed by atoms with E-state index >= 15 is 0 Å². The molecule has 3 N–H and O–H groups in total. The molecule has 0 heterocycles. The van der Waals surface area contributed by atoms with Gasteiger partial charge in [-0.1, -0.05) is 18.2 Å². The lowest BCUT2D eigenvalue weighted by atomic mass is 10.1. The van der Waals surface area contributed by atoms with Crippen molar-refractivity contribution in [3.63, 3.8) is 0 Å². The number of aliphatic imine (C=N–C) groups is 1. The van der Waals surface area contributed by atoms with E-state index in [1.54, 1.807) is 0 Å². The Morgan fingerprint density at radius 2 is 1.83 bits per heavy atom. The molecule has 0 fully saturated rings. The Kier molecular flexibility index (Phi) is 8.09. The first-order chi connectivity index (χ1) is 11.3. The lowest BCUT2D eigenvalue weighted by Crippen LogP contribution is -2.44. The Labute approximate surface area is 145 Å². The van der Waals surface area contributed by atoms with Gasteiger partial charge in [0.2, 0.25) is 5.91 Å². The molecule has 0 unspecified atom stereocenters. The molecule has 0 spiro atoms. The summed E-state index contributed by atoms with van der Waals surface area (Å²) >= 11 is 0. The number of nitrogens with zero attached hydrogens (tertiary/aromatic N) is 2. The minimum absolute atomic E-state index is 0.0823. The predicted octanol–water partition coefficient (Wildman–Crippen LogP) is 1.59. The number of para-hydroxylation sites is 1. The molecule has 1 aromatic carbocycles. The number of likely N-dealkylation sites (N-methyl/N-ethyl adjacent to an activating group) is 1. The van der Waals surface area contributed by atoms with Gasteiger partial charge in [0.1, 0.15) is 6.54 Å². The summed E-state index contributed by atoms with van der Waals surface area (Å²) in [4.78, 5) is 18.4. The lowest BCUT2D eigenvalue weighted by Gasteiger charge is -2.21. The van der Waals surface area contributed by atoms with Gasteiger partial charge in [-0.05, 0) is 39.8 Å². The van der Waals surface area contributed by atoms with Crippen molar-refractivity contribution in [2.75, 3.05) is 38.1 Å². The zero-order valence-electron chi connectivity index (χ0n) is 15.5. The minimum Gasteiger partial charge on any atom is -0.373 e. The van der Waals surface area contributed by atoms with Crippen molar-refractivity contribution in [3.05, 3.63) is 30.3 Å². The molecule has 6 heteroatoms. The molecular weight excluding hydrogens is 302 g/mol. The van der Waals surface area contributed by atoms with Crippen LogP contribution in [-0.4, -0.2) is 50.6 Å². The third kappa shape index (κ3) is 8.41. The van der Waals surface area contributed by atoms with Crippen LogP contribution in [0.5, 0.6) is 0 Å². The van der Waals surface area contributed by atoms with Crippen molar-refractivity contribution in [2.24, 2.45) is 4.99 Å². The second kappa shape index (κ2) is 9.80. The van der Waals surface area contributed by atoms with Gasteiger partial charge in [-0.3, -0.25) is 4.79 Å². The summed E-state index contributed by atoms with van der Waals surface area (Å²) in [6, 6.07) is 10.2. The third-order valence-electron chi connectivity index (χ3n) is 3.18. The first-order valence-electron chi connectivity index (χ1n) is 8.41. The highest BCUT2D eigenvalue weighted by Crippen LogP contribution is 2.09. The second-order valence-electron chi connectivity index (χ2n) is 6.68. The number of nitrogens with one attached hydrogen (secondary N) is 3. The molecule has 0 aliphatic heterocycles. The van der Waals surface area contributed by atoms with Gasteiger partial charge in [-0.15, -0.1) is 0 Å². The van der Waals surface area contributed by atoms with Crippen molar-refractivity contribution >= 4 is 17.6 Å². The van der Waals surface area contributed by atoms with Gasteiger partial charge >= 0.3 is 0 Å². The van der Waals surface area contributed by atoms with Gasteiger partial charge in [-0.2, -0.15) is 0 Å². The van der Waals surface area contributed by atoms with Crippen molar-refractivity contribution in [3.8, 4) is 0 Å². The SMILES string of the molecule is CCNC(=NCC(=O)NC(C)(C)C)NCCN(C)c1ccccc1. The summed E-state index contributed by atoms with van der Waals surface area (Å²) in [5.74, 6) is 0.573. The maximum atomic E-state index is 11.9. The molecule has 0 aliphatic carbocycles. The minimum atomic E-state index is -0.239. The van der Waals surface area contributed by atoms with Crippen LogP contribution in [0.25, 0.3) is 0 Å². The van der Waals surface area contributed by atoms with Crippen LogP contribution in [-0.2, 0) is 4.79 Å². The first-order valence-corrected chi connectivity index (χ1v) is 8.41. The molecule has 0 atom stereocenters. The fraction of sp³-hybridized carbons (Fsp3) is 0.556. The largest absolute Gasteiger partial charge is 0.373 e. The van der Waals surface area contributed by atoms with Crippen molar-refractivity contribution in [1.29, 1.82) is 0 Å². The smallest absolute Gasteiger partial charge is 0.242 e.